The van der Waals surface area contributed by atoms with Crippen LogP contribution in [0.3, 0.4) is 0 Å². The number of aromatic nitrogens is 3. The summed E-state index contributed by atoms with van der Waals surface area (Å²) in [6, 6.07) is 0.342. The van der Waals surface area contributed by atoms with Crippen molar-refractivity contribution in [2.75, 3.05) is 5.73 Å². The molecule has 1 heterocycles. The molecular weight excluding hydrogens is 140 g/mol. The minimum Gasteiger partial charge on any atom is -0.366 e. The summed E-state index contributed by atoms with van der Waals surface area (Å²) in [6.45, 7) is 6.17. The van der Waals surface area contributed by atoms with Gasteiger partial charge in [-0.3, -0.25) is 0 Å². The van der Waals surface area contributed by atoms with Gasteiger partial charge in [-0.15, -0.1) is 5.10 Å². The third-order valence-corrected chi connectivity index (χ3v) is 1.52. The van der Waals surface area contributed by atoms with Crippen LogP contribution < -0.4 is 5.73 Å². The van der Waals surface area contributed by atoms with Gasteiger partial charge in [0.1, 0.15) is 5.82 Å². The summed E-state index contributed by atoms with van der Waals surface area (Å²) in [5, 5.41) is 4.06. The molecular formula is C7H14N4. The molecule has 0 amide bonds. The van der Waals surface area contributed by atoms with Gasteiger partial charge in [-0.2, -0.15) is 4.98 Å². The number of anilines is 1. The molecule has 1 rings (SSSR count). The molecule has 0 aliphatic heterocycles. The molecule has 0 aliphatic carbocycles. The van der Waals surface area contributed by atoms with E-state index < -0.39 is 0 Å². The van der Waals surface area contributed by atoms with Crippen LogP contribution in [0.25, 0.3) is 0 Å². The lowest BCUT2D eigenvalue weighted by molar-refractivity contribution is 0.509. The number of nitrogens with two attached hydrogens (primary N) is 1. The van der Waals surface area contributed by atoms with Crippen LogP contribution in [0.4, 0.5) is 5.95 Å². The number of nitrogens with zero attached hydrogens (tertiary/aromatic N) is 3. The molecule has 0 spiro atoms. The van der Waals surface area contributed by atoms with Gasteiger partial charge in [0.25, 0.3) is 0 Å². The monoisotopic (exact) mass is 154 g/mol. The van der Waals surface area contributed by atoms with Gasteiger partial charge in [-0.25, -0.2) is 4.68 Å². The third-order valence-electron chi connectivity index (χ3n) is 1.52. The van der Waals surface area contributed by atoms with E-state index in [4.69, 9.17) is 5.73 Å². The van der Waals surface area contributed by atoms with Crippen molar-refractivity contribution < 1.29 is 0 Å². The van der Waals surface area contributed by atoms with Gasteiger partial charge in [0.05, 0.1) is 0 Å². The van der Waals surface area contributed by atoms with Crippen molar-refractivity contribution in [2.45, 2.75) is 33.2 Å². The highest BCUT2D eigenvalue weighted by atomic mass is 15.4. The Hall–Kier alpha value is -1.06. The topological polar surface area (TPSA) is 56.7 Å². The zero-order valence-corrected chi connectivity index (χ0v) is 7.20. The van der Waals surface area contributed by atoms with Crippen LogP contribution >= 0.6 is 0 Å². The minimum atomic E-state index is 0.342. The van der Waals surface area contributed by atoms with Crippen molar-refractivity contribution in [3.8, 4) is 0 Å². The molecule has 2 N–H and O–H groups in total. The van der Waals surface area contributed by atoms with Crippen LogP contribution in [-0.2, 0) is 6.42 Å². The predicted molar refractivity (Wildman–Crippen MR) is 44.2 cm³/mol. The van der Waals surface area contributed by atoms with E-state index in [-0.39, 0.29) is 0 Å². The van der Waals surface area contributed by atoms with Gasteiger partial charge in [-0.05, 0) is 13.8 Å². The molecule has 4 nitrogen and oxygen atoms in total. The molecule has 0 saturated heterocycles. The first-order valence-electron chi connectivity index (χ1n) is 3.86. The van der Waals surface area contributed by atoms with E-state index in [0.717, 1.165) is 12.2 Å². The first-order chi connectivity index (χ1) is 5.15. The number of rotatable bonds is 2. The van der Waals surface area contributed by atoms with E-state index >= 15 is 0 Å². The first-order valence-corrected chi connectivity index (χ1v) is 3.86. The van der Waals surface area contributed by atoms with Gasteiger partial charge in [-0.1, -0.05) is 6.92 Å². The van der Waals surface area contributed by atoms with Gasteiger partial charge in [0.15, 0.2) is 0 Å². The Kier molecular flexibility index (Phi) is 2.12. The van der Waals surface area contributed by atoms with E-state index in [1.54, 1.807) is 0 Å². The molecule has 62 valence electrons. The molecule has 0 bridgehead atoms. The normalized spacial score (nSPS) is 10.9. The largest absolute Gasteiger partial charge is 0.366 e. The van der Waals surface area contributed by atoms with Crippen LogP contribution in [-0.4, -0.2) is 14.8 Å². The molecule has 0 fully saturated rings. The summed E-state index contributed by atoms with van der Waals surface area (Å²) in [5.74, 6) is 1.33. The van der Waals surface area contributed by atoms with Crippen LogP contribution in [0.5, 0.6) is 0 Å². The van der Waals surface area contributed by atoms with Crippen molar-refractivity contribution in [1.82, 2.24) is 14.8 Å². The Balaban J connectivity index is 3.02. The smallest absolute Gasteiger partial charge is 0.239 e. The van der Waals surface area contributed by atoms with Crippen LogP contribution in [0, 0.1) is 0 Å². The molecule has 0 saturated carbocycles. The van der Waals surface area contributed by atoms with E-state index in [0.29, 0.717) is 12.0 Å². The predicted octanol–water partition coefficient (Wildman–Crippen LogP) is 1.00. The quantitative estimate of drug-likeness (QED) is 0.691. The van der Waals surface area contributed by atoms with Crippen LogP contribution in [0.1, 0.15) is 32.6 Å². The molecule has 0 radical (unpaired) electrons. The van der Waals surface area contributed by atoms with Crippen molar-refractivity contribution in [1.29, 1.82) is 0 Å². The summed E-state index contributed by atoms with van der Waals surface area (Å²) in [4.78, 5) is 4.08. The molecule has 11 heavy (non-hydrogen) atoms. The molecule has 0 unspecified atom stereocenters. The fourth-order valence-corrected chi connectivity index (χ4v) is 1.03. The van der Waals surface area contributed by atoms with Gasteiger partial charge < -0.3 is 5.73 Å². The number of hydrogen-bond donors (Lipinski definition) is 1. The molecule has 4 heteroatoms. The number of aryl methyl sites for hydroxylation is 1. The number of nitrogen functional groups attached to an aromatic ring is 1. The summed E-state index contributed by atoms with van der Waals surface area (Å²) >= 11 is 0. The van der Waals surface area contributed by atoms with Crippen molar-refractivity contribution in [3.63, 3.8) is 0 Å². The van der Waals surface area contributed by atoms with Gasteiger partial charge >= 0.3 is 0 Å². The summed E-state index contributed by atoms with van der Waals surface area (Å²) < 4.78 is 1.86. The van der Waals surface area contributed by atoms with E-state index in [1.165, 1.54) is 0 Å². The summed E-state index contributed by atoms with van der Waals surface area (Å²) in [7, 11) is 0. The third kappa shape index (κ3) is 1.50. The average Bonchev–Trinajstić information content (AvgIpc) is 2.30. The lowest BCUT2D eigenvalue weighted by Gasteiger charge is -2.06. The van der Waals surface area contributed by atoms with E-state index in [2.05, 4.69) is 23.9 Å². The highest BCUT2D eigenvalue weighted by Gasteiger charge is 2.07. The maximum absolute atomic E-state index is 5.45. The van der Waals surface area contributed by atoms with Crippen molar-refractivity contribution in [3.05, 3.63) is 5.82 Å². The second-order valence-electron chi connectivity index (χ2n) is 2.78. The molecule has 0 atom stereocenters. The van der Waals surface area contributed by atoms with Crippen molar-refractivity contribution >= 4 is 5.95 Å². The standard InChI is InChI=1S/C7H14N4/c1-4-6-9-7(8)10-11(6)5(2)3/h5H,4H2,1-3H3,(H2,8,10). The Labute approximate surface area is 66.4 Å². The first kappa shape index (κ1) is 8.04. The van der Waals surface area contributed by atoms with Crippen LogP contribution in [0.15, 0.2) is 0 Å². The highest BCUT2D eigenvalue weighted by molar-refractivity contribution is 5.14. The second-order valence-corrected chi connectivity index (χ2v) is 2.78. The van der Waals surface area contributed by atoms with Crippen LogP contribution in [0.2, 0.25) is 0 Å². The fourth-order valence-electron chi connectivity index (χ4n) is 1.03. The Morgan fingerprint density at radius 2 is 2.18 bits per heavy atom. The average molecular weight is 154 g/mol. The van der Waals surface area contributed by atoms with Gasteiger partial charge in [0.2, 0.25) is 5.95 Å². The maximum atomic E-state index is 5.45. The summed E-state index contributed by atoms with van der Waals surface area (Å²) in [5.41, 5.74) is 5.45. The number of hydrogen-bond acceptors (Lipinski definition) is 3. The second kappa shape index (κ2) is 2.90. The zero-order chi connectivity index (χ0) is 8.43. The fraction of sp³-hybridized carbons (Fsp3) is 0.714. The molecule has 0 aromatic carbocycles. The SMILES string of the molecule is CCc1nc(N)nn1C(C)C. The van der Waals surface area contributed by atoms with Crippen molar-refractivity contribution in [2.24, 2.45) is 0 Å². The maximum Gasteiger partial charge on any atom is 0.239 e. The highest BCUT2D eigenvalue weighted by Crippen LogP contribution is 2.08. The van der Waals surface area contributed by atoms with E-state index in [9.17, 15) is 0 Å². The Bertz CT molecular complexity index is 239. The Morgan fingerprint density at radius 3 is 2.55 bits per heavy atom. The molecule has 1 aromatic rings. The molecule has 1 aromatic heterocycles. The zero-order valence-electron chi connectivity index (χ0n) is 7.20. The summed E-state index contributed by atoms with van der Waals surface area (Å²) in [6.07, 6.45) is 0.877. The van der Waals surface area contributed by atoms with E-state index in [1.807, 2.05) is 11.6 Å². The van der Waals surface area contributed by atoms with Gasteiger partial charge in [0, 0.05) is 12.5 Å². The lowest BCUT2D eigenvalue weighted by atomic mass is 10.4. The Morgan fingerprint density at radius 1 is 1.55 bits per heavy atom. The minimum absolute atomic E-state index is 0.342. The molecule has 0 aliphatic rings. The lowest BCUT2D eigenvalue weighted by Crippen LogP contribution is -2.07.